The summed E-state index contributed by atoms with van der Waals surface area (Å²) >= 11 is 14.8. The summed E-state index contributed by atoms with van der Waals surface area (Å²) in [5, 5.41) is 12.7. The summed E-state index contributed by atoms with van der Waals surface area (Å²) in [5.41, 5.74) is 0.970. The largest absolute Gasteiger partial charge is 0.300 e. The highest BCUT2D eigenvalue weighted by atomic mass is 35.5. The van der Waals surface area contributed by atoms with E-state index < -0.39 is 0 Å². The van der Waals surface area contributed by atoms with Gasteiger partial charge in [0.25, 0.3) is 0 Å². The van der Waals surface area contributed by atoms with Gasteiger partial charge in [0.15, 0.2) is 4.34 Å². The van der Waals surface area contributed by atoms with Gasteiger partial charge in [-0.1, -0.05) is 66.2 Å². The van der Waals surface area contributed by atoms with Crippen molar-refractivity contribution in [3.8, 4) is 0 Å². The number of anilines is 1. The Balaban J connectivity index is 1.84. The van der Waals surface area contributed by atoms with Crippen LogP contribution in [-0.4, -0.2) is 21.4 Å². The van der Waals surface area contributed by atoms with Gasteiger partial charge in [0.2, 0.25) is 11.0 Å². The zero-order chi connectivity index (χ0) is 16.1. The average molecular weight is 376 g/mol. The Hall–Kier alpha value is -0.820. The molecule has 22 heavy (non-hydrogen) atoms. The highest BCUT2D eigenvalue weighted by molar-refractivity contribution is 8.01. The zero-order valence-corrected chi connectivity index (χ0v) is 15.2. The molecule has 0 bridgehead atoms. The molecule has 0 aliphatic heterocycles. The summed E-state index contributed by atoms with van der Waals surface area (Å²) in [5.74, 6) is -0.0941. The monoisotopic (exact) mass is 375 g/mol. The minimum absolute atomic E-state index is 0.0941. The van der Waals surface area contributed by atoms with Crippen LogP contribution in [0.5, 0.6) is 0 Å². The SMILES string of the molecule is CC(C)Sc1nnc(NC(=O)CCc2ccc(Cl)c(Cl)c2)s1. The number of halogens is 2. The van der Waals surface area contributed by atoms with Crippen LogP contribution in [0.15, 0.2) is 22.5 Å². The Morgan fingerprint density at radius 1 is 1.32 bits per heavy atom. The number of nitrogens with one attached hydrogen (secondary N) is 1. The summed E-state index contributed by atoms with van der Waals surface area (Å²) in [6, 6.07) is 5.38. The van der Waals surface area contributed by atoms with Crippen molar-refractivity contribution >= 4 is 57.3 Å². The van der Waals surface area contributed by atoms with Gasteiger partial charge in [-0.2, -0.15) is 0 Å². The van der Waals surface area contributed by atoms with E-state index in [0.717, 1.165) is 9.90 Å². The third-order valence-corrected chi connectivity index (χ3v) is 5.28. The van der Waals surface area contributed by atoms with Crippen molar-refractivity contribution in [1.29, 1.82) is 0 Å². The minimum Gasteiger partial charge on any atom is -0.300 e. The van der Waals surface area contributed by atoms with E-state index in [1.165, 1.54) is 11.3 Å². The fourth-order valence-corrected chi connectivity index (χ4v) is 3.96. The van der Waals surface area contributed by atoms with E-state index in [0.29, 0.717) is 33.3 Å². The first-order valence-corrected chi connectivity index (χ1v) is 9.13. The molecule has 1 amide bonds. The molecule has 0 aliphatic carbocycles. The minimum atomic E-state index is -0.0941. The van der Waals surface area contributed by atoms with Gasteiger partial charge in [-0.3, -0.25) is 4.79 Å². The number of amides is 1. The number of aryl methyl sites for hydroxylation is 1. The second-order valence-electron chi connectivity index (χ2n) is 4.84. The summed E-state index contributed by atoms with van der Waals surface area (Å²) in [6.07, 6.45) is 0.944. The number of thioether (sulfide) groups is 1. The molecule has 0 saturated carbocycles. The zero-order valence-electron chi connectivity index (χ0n) is 12.1. The summed E-state index contributed by atoms with van der Waals surface area (Å²) in [6.45, 7) is 4.17. The predicted octanol–water partition coefficient (Wildman–Crippen LogP) is 4.92. The molecule has 0 atom stereocenters. The van der Waals surface area contributed by atoms with Crippen LogP contribution < -0.4 is 5.32 Å². The van der Waals surface area contributed by atoms with Crippen molar-refractivity contribution in [2.75, 3.05) is 5.32 Å². The number of aromatic nitrogens is 2. The van der Waals surface area contributed by atoms with E-state index in [-0.39, 0.29) is 5.91 Å². The average Bonchev–Trinajstić information content (AvgIpc) is 2.86. The molecule has 8 heteroatoms. The first-order valence-electron chi connectivity index (χ1n) is 6.68. The number of rotatable bonds is 6. The number of nitrogens with zero attached hydrogens (tertiary/aromatic N) is 2. The van der Waals surface area contributed by atoms with Crippen LogP contribution in [0.2, 0.25) is 10.0 Å². The fourth-order valence-electron chi connectivity index (χ4n) is 1.64. The summed E-state index contributed by atoms with van der Waals surface area (Å²) < 4.78 is 0.856. The first-order chi connectivity index (χ1) is 10.4. The quantitative estimate of drug-likeness (QED) is 0.575. The van der Waals surface area contributed by atoms with Gasteiger partial charge >= 0.3 is 0 Å². The normalized spacial score (nSPS) is 11.0. The number of carbonyl (C=O) groups is 1. The molecule has 0 spiro atoms. The van der Waals surface area contributed by atoms with Gasteiger partial charge in [-0.15, -0.1) is 10.2 Å². The van der Waals surface area contributed by atoms with Crippen LogP contribution >= 0.6 is 46.3 Å². The molecular weight excluding hydrogens is 361 g/mol. The Labute approximate surface area is 147 Å². The Morgan fingerprint density at radius 3 is 2.77 bits per heavy atom. The molecule has 1 heterocycles. The van der Waals surface area contributed by atoms with Crippen LogP contribution in [0.4, 0.5) is 5.13 Å². The molecule has 118 valence electrons. The third kappa shape index (κ3) is 5.43. The van der Waals surface area contributed by atoms with Crippen molar-refractivity contribution in [1.82, 2.24) is 10.2 Å². The molecule has 0 unspecified atom stereocenters. The van der Waals surface area contributed by atoms with E-state index in [2.05, 4.69) is 29.4 Å². The number of carbonyl (C=O) groups excluding carboxylic acids is 1. The van der Waals surface area contributed by atoms with Crippen molar-refractivity contribution in [2.24, 2.45) is 0 Å². The van der Waals surface area contributed by atoms with E-state index in [1.54, 1.807) is 23.9 Å². The summed E-state index contributed by atoms with van der Waals surface area (Å²) in [4.78, 5) is 11.9. The number of hydrogen-bond acceptors (Lipinski definition) is 5. The maximum Gasteiger partial charge on any atom is 0.226 e. The highest BCUT2D eigenvalue weighted by Crippen LogP contribution is 2.28. The molecule has 0 radical (unpaired) electrons. The van der Waals surface area contributed by atoms with Gasteiger partial charge < -0.3 is 5.32 Å². The lowest BCUT2D eigenvalue weighted by atomic mass is 10.1. The van der Waals surface area contributed by atoms with E-state index >= 15 is 0 Å². The molecule has 0 saturated heterocycles. The van der Waals surface area contributed by atoms with Crippen LogP contribution in [-0.2, 0) is 11.2 Å². The molecule has 0 aliphatic rings. The van der Waals surface area contributed by atoms with Crippen LogP contribution in [0.1, 0.15) is 25.8 Å². The van der Waals surface area contributed by atoms with E-state index in [1.807, 2.05) is 6.07 Å². The van der Waals surface area contributed by atoms with Gasteiger partial charge in [-0.05, 0) is 24.1 Å². The molecular formula is C14H15Cl2N3OS2. The molecule has 2 rings (SSSR count). The lowest BCUT2D eigenvalue weighted by Gasteiger charge is -2.03. The lowest BCUT2D eigenvalue weighted by Crippen LogP contribution is -2.12. The predicted molar refractivity (Wildman–Crippen MR) is 94.3 cm³/mol. The fraction of sp³-hybridized carbons (Fsp3) is 0.357. The maximum absolute atomic E-state index is 11.9. The molecule has 4 nitrogen and oxygen atoms in total. The second kappa shape index (κ2) is 8.15. The number of hydrogen-bond donors (Lipinski definition) is 1. The van der Waals surface area contributed by atoms with Crippen LogP contribution in [0.3, 0.4) is 0 Å². The van der Waals surface area contributed by atoms with Gasteiger partial charge in [0.05, 0.1) is 10.0 Å². The molecule has 0 fully saturated rings. The highest BCUT2D eigenvalue weighted by Gasteiger charge is 2.10. The van der Waals surface area contributed by atoms with Gasteiger partial charge in [0.1, 0.15) is 0 Å². The standard InChI is InChI=1S/C14H15Cl2N3OS2/c1-8(2)21-14-19-18-13(22-14)17-12(20)6-4-9-3-5-10(15)11(16)7-9/h3,5,7-8H,4,6H2,1-2H3,(H,17,18,20). The molecule has 1 aromatic carbocycles. The first kappa shape index (κ1) is 17.5. The molecule has 2 aromatic rings. The molecule has 1 N–H and O–H groups in total. The van der Waals surface area contributed by atoms with Crippen molar-refractivity contribution in [3.63, 3.8) is 0 Å². The summed E-state index contributed by atoms with van der Waals surface area (Å²) in [7, 11) is 0. The number of benzene rings is 1. The Bertz CT molecular complexity index is 661. The second-order valence-corrected chi connectivity index (χ2v) is 8.45. The van der Waals surface area contributed by atoms with Crippen LogP contribution in [0.25, 0.3) is 0 Å². The van der Waals surface area contributed by atoms with E-state index in [9.17, 15) is 4.79 Å². The Kier molecular flexibility index (Phi) is 6.50. The van der Waals surface area contributed by atoms with Gasteiger partial charge in [-0.25, -0.2) is 0 Å². The van der Waals surface area contributed by atoms with Crippen molar-refractivity contribution in [3.05, 3.63) is 33.8 Å². The van der Waals surface area contributed by atoms with Gasteiger partial charge in [0, 0.05) is 11.7 Å². The smallest absolute Gasteiger partial charge is 0.226 e. The molecule has 1 aromatic heterocycles. The van der Waals surface area contributed by atoms with E-state index in [4.69, 9.17) is 23.2 Å². The van der Waals surface area contributed by atoms with Crippen molar-refractivity contribution in [2.45, 2.75) is 36.3 Å². The maximum atomic E-state index is 11.9. The lowest BCUT2D eigenvalue weighted by molar-refractivity contribution is -0.116. The van der Waals surface area contributed by atoms with Crippen molar-refractivity contribution < 1.29 is 4.79 Å². The van der Waals surface area contributed by atoms with Crippen LogP contribution in [0, 0.1) is 0 Å². The Morgan fingerprint density at radius 2 is 2.09 bits per heavy atom. The third-order valence-electron chi connectivity index (χ3n) is 2.61. The topological polar surface area (TPSA) is 54.9 Å².